The van der Waals surface area contributed by atoms with E-state index in [9.17, 15) is 30.6 Å². The lowest BCUT2D eigenvalue weighted by Gasteiger charge is -2.50. The molecule has 0 aromatic carbocycles. The first-order valence-corrected chi connectivity index (χ1v) is 17.1. The smallest absolute Gasteiger partial charge is 0.111 e. The third-order valence-electron chi connectivity index (χ3n) is 8.72. The molecule has 6 nitrogen and oxygen atoms in total. The molecule has 0 aliphatic carbocycles. The van der Waals surface area contributed by atoms with E-state index < -0.39 is 52.0 Å². The number of hydrogen-bond donors (Lipinski definition) is 6. The van der Waals surface area contributed by atoms with Crippen LogP contribution in [0.2, 0.25) is 33.2 Å². The van der Waals surface area contributed by atoms with Crippen LogP contribution in [0.15, 0.2) is 0 Å². The van der Waals surface area contributed by atoms with Crippen molar-refractivity contribution in [1.82, 2.24) is 0 Å². The average Bonchev–Trinajstić information content (AvgIpc) is 2.64. The highest BCUT2D eigenvalue weighted by Gasteiger charge is 2.56. The largest absolute Gasteiger partial charge is 0.394 e. The molecule has 6 atom stereocenters. The van der Waals surface area contributed by atoms with E-state index in [1.807, 2.05) is 83.1 Å². The van der Waals surface area contributed by atoms with E-state index in [0.29, 0.717) is 0 Å². The Balaban J connectivity index is 6.08. The molecule has 0 aliphatic rings. The molecular formula is C24H54O6Si2. The minimum absolute atomic E-state index is 0.134. The summed E-state index contributed by atoms with van der Waals surface area (Å²) in [5.74, 6) is 0. The van der Waals surface area contributed by atoms with Crippen LogP contribution in [0.5, 0.6) is 0 Å². The Morgan fingerprint density at radius 2 is 0.469 bits per heavy atom. The van der Waals surface area contributed by atoms with E-state index in [2.05, 4.69) is 0 Å². The highest BCUT2D eigenvalue weighted by Crippen LogP contribution is 2.46. The summed E-state index contributed by atoms with van der Waals surface area (Å²) in [6, 6.07) is 0. The zero-order valence-electron chi connectivity index (χ0n) is 22.6. The van der Waals surface area contributed by atoms with Gasteiger partial charge in [-0.2, -0.15) is 0 Å². The Bertz CT molecular complexity index is 461. The molecule has 0 aromatic heterocycles. The molecule has 194 valence electrons. The lowest BCUT2D eigenvalue weighted by molar-refractivity contribution is -0.137. The van der Waals surface area contributed by atoms with Gasteiger partial charge in [-0.3, -0.25) is 0 Å². The van der Waals surface area contributed by atoms with E-state index >= 15 is 0 Å². The third kappa shape index (κ3) is 5.53. The van der Waals surface area contributed by atoms with Crippen LogP contribution in [0.3, 0.4) is 0 Å². The Morgan fingerprint density at radius 3 is 0.594 bits per heavy atom. The molecule has 0 radical (unpaired) electrons. The Kier molecular flexibility index (Phi) is 12.3. The van der Waals surface area contributed by atoms with Gasteiger partial charge in [0.2, 0.25) is 0 Å². The summed E-state index contributed by atoms with van der Waals surface area (Å²) >= 11 is 0. The first-order valence-electron chi connectivity index (χ1n) is 12.5. The second-order valence-corrected chi connectivity index (χ2v) is 23.9. The van der Waals surface area contributed by atoms with Crippen molar-refractivity contribution in [1.29, 1.82) is 0 Å². The fourth-order valence-corrected chi connectivity index (χ4v) is 21.1. The van der Waals surface area contributed by atoms with Crippen LogP contribution >= 0.6 is 0 Å². The van der Waals surface area contributed by atoms with Crippen LogP contribution in [0.4, 0.5) is 0 Å². The van der Waals surface area contributed by atoms with Crippen LogP contribution in [0.1, 0.15) is 83.1 Å². The molecule has 0 aliphatic heterocycles. The van der Waals surface area contributed by atoms with Crippen LogP contribution in [-0.2, 0) is 0 Å². The van der Waals surface area contributed by atoms with Crippen molar-refractivity contribution >= 4 is 16.1 Å². The quantitative estimate of drug-likeness (QED) is 0.218. The number of hydrogen-bond acceptors (Lipinski definition) is 6. The Hall–Kier alpha value is 0.194. The predicted octanol–water partition coefficient (Wildman–Crippen LogP) is 3.59. The molecular weight excluding hydrogens is 440 g/mol. The summed E-state index contributed by atoms with van der Waals surface area (Å²) in [4.78, 5) is 0. The van der Waals surface area contributed by atoms with Crippen molar-refractivity contribution in [3.05, 3.63) is 0 Å². The highest BCUT2D eigenvalue weighted by molar-refractivity contribution is 6.85. The SMILES string of the molecule is CC(C)[Si](C(C)C)(C(C)C)C(O)C(O)C(O)C(O)C(O)C(O)[Si](C(C)C)(C(C)C)C(C)C. The van der Waals surface area contributed by atoms with Crippen molar-refractivity contribution < 1.29 is 30.6 Å². The van der Waals surface area contributed by atoms with Crippen molar-refractivity contribution in [2.24, 2.45) is 0 Å². The summed E-state index contributed by atoms with van der Waals surface area (Å²) in [5, 5.41) is 66.3. The van der Waals surface area contributed by atoms with Crippen molar-refractivity contribution in [3.8, 4) is 0 Å². The Labute approximate surface area is 199 Å². The van der Waals surface area contributed by atoms with Gasteiger partial charge in [-0.15, -0.1) is 0 Å². The van der Waals surface area contributed by atoms with Crippen LogP contribution in [0, 0.1) is 0 Å². The fourth-order valence-electron chi connectivity index (χ4n) is 7.42. The first kappa shape index (κ1) is 32.2. The second kappa shape index (κ2) is 12.2. The van der Waals surface area contributed by atoms with Crippen LogP contribution < -0.4 is 0 Å². The summed E-state index contributed by atoms with van der Waals surface area (Å²) in [6.07, 6.45) is -6.76. The minimum Gasteiger partial charge on any atom is -0.394 e. The standard InChI is InChI=1S/C24H54O6Si2/c1-13(2)31(14(3)4,15(5)6)23(29)21(27)19(25)20(26)22(28)24(30)32(16(7)8,17(9)10)18(11)12/h13-30H,1-12H3. The van der Waals surface area contributed by atoms with Gasteiger partial charge in [0.25, 0.3) is 0 Å². The molecule has 32 heavy (non-hydrogen) atoms. The second-order valence-electron chi connectivity index (χ2n) is 11.8. The van der Waals surface area contributed by atoms with Gasteiger partial charge in [-0.1, -0.05) is 83.1 Å². The number of aliphatic hydroxyl groups excluding tert-OH is 6. The molecule has 0 saturated carbocycles. The highest BCUT2D eigenvalue weighted by atomic mass is 28.3. The minimum atomic E-state index is -2.56. The zero-order valence-corrected chi connectivity index (χ0v) is 24.6. The van der Waals surface area contributed by atoms with E-state index in [0.717, 1.165) is 0 Å². The van der Waals surface area contributed by atoms with Crippen LogP contribution in [0.25, 0.3) is 0 Å². The van der Waals surface area contributed by atoms with Crippen molar-refractivity contribution in [2.45, 2.75) is 152 Å². The summed E-state index contributed by atoms with van der Waals surface area (Å²) < 4.78 is 0. The van der Waals surface area contributed by atoms with Gasteiger partial charge in [0.05, 0.1) is 27.6 Å². The van der Waals surface area contributed by atoms with Crippen molar-refractivity contribution in [3.63, 3.8) is 0 Å². The number of aliphatic hydroxyl groups is 6. The van der Waals surface area contributed by atoms with E-state index in [-0.39, 0.29) is 33.2 Å². The lowest BCUT2D eigenvalue weighted by Crippen LogP contribution is -2.66. The normalized spacial score (nSPS) is 19.9. The Morgan fingerprint density at radius 1 is 0.312 bits per heavy atom. The maximum Gasteiger partial charge on any atom is 0.111 e. The van der Waals surface area contributed by atoms with Gasteiger partial charge in [0.15, 0.2) is 0 Å². The predicted molar refractivity (Wildman–Crippen MR) is 138 cm³/mol. The van der Waals surface area contributed by atoms with Gasteiger partial charge in [-0.25, -0.2) is 0 Å². The molecule has 0 heterocycles. The molecule has 0 fully saturated rings. The molecule has 0 aromatic rings. The van der Waals surface area contributed by atoms with Crippen LogP contribution in [-0.4, -0.2) is 82.7 Å². The molecule has 0 amide bonds. The van der Waals surface area contributed by atoms with Gasteiger partial charge in [0.1, 0.15) is 24.4 Å². The van der Waals surface area contributed by atoms with Crippen molar-refractivity contribution in [2.75, 3.05) is 0 Å². The maximum atomic E-state index is 11.3. The fraction of sp³-hybridized carbons (Fsp3) is 1.00. The first-order chi connectivity index (χ1) is 14.4. The van der Waals surface area contributed by atoms with Gasteiger partial charge >= 0.3 is 0 Å². The van der Waals surface area contributed by atoms with Gasteiger partial charge in [0, 0.05) is 0 Å². The molecule has 0 spiro atoms. The zero-order chi connectivity index (χ0) is 25.9. The summed E-state index contributed by atoms with van der Waals surface area (Å²) in [7, 11) is -5.11. The average molecular weight is 495 g/mol. The maximum absolute atomic E-state index is 11.3. The van der Waals surface area contributed by atoms with Gasteiger partial charge < -0.3 is 30.6 Å². The monoisotopic (exact) mass is 494 g/mol. The van der Waals surface area contributed by atoms with E-state index in [1.165, 1.54) is 0 Å². The molecule has 0 rings (SSSR count). The third-order valence-corrected chi connectivity index (χ3v) is 23.5. The molecule has 6 N–H and O–H groups in total. The van der Waals surface area contributed by atoms with Gasteiger partial charge in [-0.05, 0) is 33.2 Å². The topological polar surface area (TPSA) is 121 Å². The molecule has 8 heteroatoms. The molecule has 0 bridgehead atoms. The van der Waals surface area contributed by atoms with E-state index in [1.54, 1.807) is 0 Å². The van der Waals surface area contributed by atoms with E-state index in [4.69, 9.17) is 0 Å². The summed E-state index contributed by atoms with van der Waals surface area (Å²) in [5.41, 5.74) is -1.56. The summed E-state index contributed by atoms with van der Waals surface area (Å²) in [6.45, 7) is 24.5. The molecule has 6 unspecified atom stereocenters. The molecule has 0 saturated heterocycles. The lowest BCUT2D eigenvalue weighted by atomic mass is 10.0. The number of rotatable bonds is 13.